The number of carbonyl (C=O) groups is 2. The molecule has 0 fully saturated rings. The number of rotatable bonds is 6. The third-order valence-electron chi connectivity index (χ3n) is 2.40. The standard InChI is InChI=1S/C13H18BrN3O2.ClH/c1-9(18)16-11-6-5-10(14)8-12(11)17-13(19)4-3-7-15-2;/h5-6,8,15H,3-4,7H2,1-2H3,(H,16,18)(H,17,19);1H. The van der Waals surface area contributed by atoms with Crippen molar-refractivity contribution < 1.29 is 9.59 Å². The van der Waals surface area contributed by atoms with Gasteiger partial charge in [0.2, 0.25) is 11.8 Å². The van der Waals surface area contributed by atoms with Gasteiger partial charge in [0.1, 0.15) is 0 Å². The Morgan fingerprint density at radius 2 is 1.90 bits per heavy atom. The first-order valence-electron chi connectivity index (χ1n) is 6.04. The van der Waals surface area contributed by atoms with Crippen LogP contribution in [0.3, 0.4) is 0 Å². The molecule has 0 atom stereocenters. The van der Waals surface area contributed by atoms with Crippen molar-refractivity contribution >= 4 is 51.5 Å². The quantitative estimate of drug-likeness (QED) is 0.680. The third-order valence-corrected chi connectivity index (χ3v) is 2.89. The molecule has 1 rings (SSSR count). The van der Waals surface area contributed by atoms with E-state index in [4.69, 9.17) is 0 Å². The van der Waals surface area contributed by atoms with Crippen LogP contribution in [0.25, 0.3) is 0 Å². The van der Waals surface area contributed by atoms with Gasteiger partial charge in [-0.3, -0.25) is 9.59 Å². The van der Waals surface area contributed by atoms with Crippen molar-refractivity contribution in [3.05, 3.63) is 22.7 Å². The summed E-state index contributed by atoms with van der Waals surface area (Å²) in [6.07, 6.45) is 1.21. The average molecular weight is 365 g/mol. The highest BCUT2D eigenvalue weighted by atomic mass is 79.9. The molecule has 0 heterocycles. The van der Waals surface area contributed by atoms with E-state index in [9.17, 15) is 9.59 Å². The lowest BCUT2D eigenvalue weighted by Gasteiger charge is -2.12. The maximum atomic E-state index is 11.8. The Hall–Kier alpha value is -1.11. The zero-order valence-electron chi connectivity index (χ0n) is 11.5. The lowest BCUT2D eigenvalue weighted by Crippen LogP contribution is -2.17. The van der Waals surface area contributed by atoms with Gasteiger partial charge in [0.25, 0.3) is 0 Å². The van der Waals surface area contributed by atoms with E-state index in [2.05, 4.69) is 31.9 Å². The summed E-state index contributed by atoms with van der Waals surface area (Å²) in [6, 6.07) is 5.32. The van der Waals surface area contributed by atoms with Crippen LogP contribution < -0.4 is 16.0 Å². The van der Waals surface area contributed by atoms with E-state index in [-0.39, 0.29) is 24.2 Å². The molecule has 0 aliphatic heterocycles. The van der Waals surface area contributed by atoms with Gasteiger partial charge in [-0.25, -0.2) is 0 Å². The molecule has 112 valence electrons. The van der Waals surface area contributed by atoms with E-state index in [0.29, 0.717) is 17.8 Å². The number of hydrogen-bond acceptors (Lipinski definition) is 3. The summed E-state index contributed by atoms with van der Waals surface area (Å²) >= 11 is 3.34. The molecule has 1 aromatic rings. The SMILES string of the molecule is CNCCCC(=O)Nc1cc(Br)ccc1NC(C)=O.Cl. The van der Waals surface area contributed by atoms with Crippen molar-refractivity contribution in [2.75, 3.05) is 24.2 Å². The third kappa shape index (κ3) is 6.88. The molecule has 5 nitrogen and oxygen atoms in total. The summed E-state index contributed by atoms with van der Waals surface area (Å²) < 4.78 is 0.840. The fourth-order valence-electron chi connectivity index (χ4n) is 1.56. The van der Waals surface area contributed by atoms with Crippen LogP contribution in [0.4, 0.5) is 11.4 Å². The highest BCUT2D eigenvalue weighted by Gasteiger charge is 2.08. The van der Waals surface area contributed by atoms with Crippen LogP contribution in [-0.2, 0) is 9.59 Å². The fraction of sp³-hybridized carbons (Fsp3) is 0.385. The second-order valence-electron chi connectivity index (χ2n) is 4.13. The molecular weight excluding hydrogens is 346 g/mol. The molecule has 0 aliphatic carbocycles. The number of hydrogen-bond donors (Lipinski definition) is 3. The second kappa shape index (κ2) is 9.74. The van der Waals surface area contributed by atoms with Gasteiger partial charge in [0.15, 0.2) is 0 Å². The molecule has 20 heavy (non-hydrogen) atoms. The summed E-state index contributed by atoms with van der Waals surface area (Å²) in [5.41, 5.74) is 1.19. The van der Waals surface area contributed by atoms with Crippen molar-refractivity contribution in [3.63, 3.8) is 0 Å². The van der Waals surface area contributed by atoms with Crippen LogP contribution >= 0.6 is 28.3 Å². The van der Waals surface area contributed by atoms with Gasteiger partial charge in [-0.1, -0.05) is 15.9 Å². The summed E-state index contributed by atoms with van der Waals surface area (Å²) in [4.78, 5) is 22.9. The maximum absolute atomic E-state index is 11.8. The van der Waals surface area contributed by atoms with Crippen LogP contribution in [-0.4, -0.2) is 25.4 Å². The summed E-state index contributed by atoms with van der Waals surface area (Å²) in [5, 5.41) is 8.48. The monoisotopic (exact) mass is 363 g/mol. The smallest absolute Gasteiger partial charge is 0.224 e. The van der Waals surface area contributed by atoms with E-state index < -0.39 is 0 Å². The van der Waals surface area contributed by atoms with E-state index in [1.165, 1.54) is 6.92 Å². The first-order valence-corrected chi connectivity index (χ1v) is 6.84. The first-order chi connectivity index (χ1) is 9.02. The first kappa shape index (κ1) is 18.9. The van der Waals surface area contributed by atoms with Crippen molar-refractivity contribution in [1.29, 1.82) is 0 Å². The average Bonchev–Trinajstić information content (AvgIpc) is 2.32. The molecule has 0 bridgehead atoms. The molecule has 0 saturated carbocycles. The van der Waals surface area contributed by atoms with E-state index in [0.717, 1.165) is 17.4 Å². The van der Waals surface area contributed by atoms with Crippen molar-refractivity contribution in [3.8, 4) is 0 Å². The molecule has 7 heteroatoms. The Balaban J connectivity index is 0.00000361. The molecule has 1 aromatic carbocycles. The molecule has 0 radical (unpaired) electrons. The summed E-state index contributed by atoms with van der Waals surface area (Å²) in [7, 11) is 1.85. The van der Waals surface area contributed by atoms with Gasteiger partial charge in [-0.15, -0.1) is 12.4 Å². The van der Waals surface area contributed by atoms with Gasteiger partial charge in [-0.2, -0.15) is 0 Å². The largest absolute Gasteiger partial charge is 0.325 e. The highest BCUT2D eigenvalue weighted by Crippen LogP contribution is 2.26. The van der Waals surface area contributed by atoms with Crippen LogP contribution in [0.1, 0.15) is 19.8 Å². The predicted octanol–water partition coefficient (Wildman–Crippen LogP) is 2.77. The minimum atomic E-state index is -0.173. The molecule has 0 aromatic heterocycles. The number of nitrogens with one attached hydrogen (secondary N) is 3. The molecule has 0 spiro atoms. The zero-order valence-corrected chi connectivity index (χ0v) is 13.9. The Morgan fingerprint density at radius 1 is 1.20 bits per heavy atom. The maximum Gasteiger partial charge on any atom is 0.224 e. The lowest BCUT2D eigenvalue weighted by molar-refractivity contribution is -0.116. The number of carbonyl (C=O) groups excluding carboxylic acids is 2. The van der Waals surface area contributed by atoms with Gasteiger partial charge in [0.05, 0.1) is 11.4 Å². The Kier molecular flexibility index (Phi) is 9.20. The normalized spacial score (nSPS) is 9.55. The van der Waals surface area contributed by atoms with E-state index in [1.54, 1.807) is 12.1 Å². The molecule has 3 N–H and O–H groups in total. The minimum Gasteiger partial charge on any atom is -0.325 e. The van der Waals surface area contributed by atoms with Gasteiger partial charge in [0, 0.05) is 17.8 Å². The Labute approximate surface area is 133 Å². The molecule has 0 unspecified atom stereocenters. The molecule has 0 aliphatic rings. The molecule has 0 saturated heterocycles. The highest BCUT2D eigenvalue weighted by molar-refractivity contribution is 9.10. The second-order valence-corrected chi connectivity index (χ2v) is 5.04. The summed E-state index contributed by atoms with van der Waals surface area (Å²) in [6.45, 7) is 2.23. The number of halogens is 2. The summed E-state index contributed by atoms with van der Waals surface area (Å²) in [5.74, 6) is -0.243. The molecular formula is C13H19BrClN3O2. The molecule has 2 amide bonds. The van der Waals surface area contributed by atoms with Crippen molar-refractivity contribution in [2.24, 2.45) is 0 Å². The topological polar surface area (TPSA) is 70.2 Å². The number of benzene rings is 1. The van der Waals surface area contributed by atoms with Crippen molar-refractivity contribution in [2.45, 2.75) is 19.8 Å². The number of amides is 2. The van der Waals surface area contributed by atoms with Gasteiger partial charge in [-0.05, 0) is 38.2 Å². The van der Waals surface area contributed by atoms with E-state index in [1.807, 2.05) is 13.1 Å². The van der Waals surface area contributed by atoms with Crippen LogP contribution in [0, 0.1) is 0 Å². The van der Waals surface area contributed by atoms with Crippen LogP contribution in [0.2, 0.25) is 0 Å². The zero-order chi connectivity index (χ0) is 14.3. The van der Waals surface area contributed by atoms with E-state index >= 15 is 0 Å². The van der Waals surface area contributed by atoms with Gasteiger partial charge < -0.3 is 16.0 Å². The lowest BCUT2D eigenvalue weighted by atomic mass is 10.2. The fourth-order valence-corrected chi connectivity index (χ4v) is 1.92. The van der Waals surface area contributed by atoms with Gasteiger partial charge >= 0.3 is 0 Å². The minimum absolute atomic E-state index is 0. The Bertz CT molecular complexity index is 469. The Morgan fingerprint density at radius 3 is 2.50 bits per heavy atom. The number of anilines is 2. The van der Waals surface area contributed by atoms with Crippen LogP contribution in [0.15, 0.2) is 22.7 Å². The van der Waals surface area contributed by atoms with Crippen LogP contribution in [0.5, 0.6) is 0 Å². The predicted molar refractivity (Wildman–Crippen MR) is 87.5 cm³/mol. The van der Waals surface area contributed by atoms with Crippen molar-refractivity contribution in [1.82, 2.24) is 5.32 Å².